The summed E-state index contributed by atoms with van der Waals surface area (Å²) in [6, 6.07) is 34.1. The second-order valence-electron chi connectivity index (χ2n) is 11.9. The van der Waals surface area contributed by atoms with E-state index in [1.54, 1.807) is 0 Å². The zero-order valence-corrected chi connectivity index (χ0v) is 21.4. The largest absolute Gasteiger partial charge is 0.0622 e. The summed E-state index contributed by atoms with van der Waals surface area (Å²) < 4.78 is 0. The standard InChI is InChI=1S/C34H36/c1-33(2,3)26-17-18-27-25(21-26)22-29-28(27)19-20-30(34(4,5)6)32(29)31(23-13-9-7-10-14-23)24-15-11-8-12-16-24/h7-21,31H,22H2,1-6H3. The molecule has 0 aromatic heterocycles. The molecule has 4 aromatic rings. The minimum absolute atomic E-state index is 0.0531. The van der Waals surface area contributed by atoms with Crippen molar-refractivity contribution in [1.82, 2.24) is 0 Å². The normalized spacial score (nSPS) is 13.1. The lowest BCUT2D eigenvalue weighted by molar-refractivity contribution is 0.580. The highest BCUT2D eigenvalue weighted by Crippen LogP contribution is 2.48. The Morgan fingerprint density at radius 3 is 1.68 bits per heavy atom. The molecule has 0 spiro atoms. The lowest BCUT2D eigenvalue weighted by atomic mass is 9.73. The lowest BCUT2D eigenvalue weighted by Crippen LogP contribution is -2.19. The summed E-state index contributed by atoms with van der Waals surface area (Å²) in [4.78, 5) is 0. The van der Waals surface area contributed by atoms with Crippen LogP contribution in [0.2, 0.25) is 0 Å². The highest BCUT2D eigenvalue weighted by atomic mass is 14.4. The van der Waals surface area contributed by atoms with E-state index < -0.39 is 0 Å². The molecule has 34 heavy (non-hydrogen) atoms. The zero-order valence-electron chi connectivity index (χ0n) is 21.4. The van der Waals surface area contributed by atoms with E-state index in [2.05, 4.69) is 133 Å². The van der Waals surface area contributed by atoms with Gasteiger partial charge in [-0.3, -0.25) is 0 Å². The number of benzene rings is 4. The van der Waals surface area contributed by atoms with Gasteiger partial charge >= 0.3 is 0 Å². The van der Waals surface area contributed by atoms with Crippen LogP contribution in [0.4, 0.5) is 0 Å². The highest BCUT2D eigenvalue weighted by Gasteiger charge is 2.32. The van der Waals surface area contributed by atoms with Crippen LogP contribution in [0.3, 0.4) is 0 Å². The molecule has 1 aliphatic carbocycles. The van der Waals surface area contributed by atoms with Crippen LogP contribution >= 0.6 is 0 Å². The van der Waals surface area contributed by atoms with Gasteiger partial charge in [0.25, 0.3) is 0 Å². The molecular formula is C34H36. The highest BCUT2D eigenvalue weighted by molar-refractivity contribution is 5.80. The fraction of sp³-hybridized carbons (Fsp3) is 0.294. The van der Waals surface area contributed by atoms with Crippen molar-refractivity contribution in [3.63, 3.8) is 0 Å². The molecule has 0 heterocycles. The Morgan fingerprint density at radius 2 is 1.15 bits per heavy atom. The quantitative estimate of drug-likeness (QED) is 0.243. The van der Waals surface area contributed by atoms with E-state index in [0.717, 1.165) is 6.42 Å². The maximum Gasteiger partial charge on any atom is 0.0345 e. The molecule has 0 saturated heterocycles. The molecule has 0 bridgehead atoms. The van der Waals surface area contributed by atoms with E-state index >= 15 is 0 Å². The Morgan fingerprint density at radius 1 is 0.588 bits per heavy atom. The fourth-order valence-corrected chi connectivity index (χ4v) is 5.57. The SMILES string of the molecule is CC(C)(C)c1ccc2c(c1)Cc1c-2ccc(C(C)(C)C)c1C(c1ccccc1)c1ccccc1. The average molecular weight is 445 g/mol. The second-order valence-corrected chi connectivity index (χ2v) is 11.9. The van der Waals surface area contributed by atoms with E-state index in [4.69, 9.17) is 0 Å². The van der Waals surface area contributed by atoms with Crippen molar-refractivity contribution in [2.24, 2.45) is 0 Å². The van der Waals surface area contributed by atoms with Crippen LogP contribution in [0.25, 0.3) is 11.1 Å². The predicted molar refractivity (Wildman–Crippen MR) is 146 cm³/mol. The third kappa shape index (κ3) is 4.00. The van der Waals surface area contributed by atoms with Gasteiger partial charge in [-0.15, -0.1) is 0 Å². The van der Waals surface area contributed by atoms with Crippen molar-refractivity contribution in [2.75, 3.05) is 0 Å². The van der Waals surface area contributed by atoms with Crippen molar-refractivity contribution in [3.8, 4) is 11.1 Å². The molecule has 0 saturated carbocycles. The molecule has 0 unspecified atom stereocenters. The van der Waals surface area contributed by atoms with E-state index in [1.807, 2.05) is 0 Å². The van der Waals surface area contributed by atoms with Gasteiger partial charge in [0.2, 0.25) is 0 Å². The Hall–Kier alpha value is -3.12. The summed E-state index contributed by atoms with van der Waals surface area (Å²) in [7, 11) is 0. The van der Waals surface area contributed by atoms with Gasteiger partial charge in [-0.1, -0.05) is 133 Å². The van der Waals surface area contributed by atoms with Gasteiger partial charge in [0.05, 0.1) is 0 Å². The second kappa shape index (κ2) is 8.27. The Kier molecular flexibility index (Phi) is 5.52. The molecule has 172 valence electrons. The molecule has 0 amide bonds. The van der Waals surface area contributed by atoms with Crippen molar-refractivity contribution < 1.29 is 0 Å². The minimum Gasteiger partial charge on any atom is -0.0622 e. The Balaban J connectivity index is 1.78. The van der Waals surface area contributed by atoms with Crippen molar-refractivity contribution in [2.45, 2.75) is 64.7 Å². The van der Waals surface area contributed by atoms with Gasteiger partial charge in [-0.05, 0) is 67.3 Å². The van der Waals surface area contributed by atoms with Gasteiger partial charge in [-0.25, -0.2) is 0 Å². The van der Waals surface area contributed by atoms with Gasteiger partial charge < -0.3 is 0 Å². The maximum atomic E-state index is 2.45. The Labute approximate surface area is 205 Å². The first-order valence-electron chi connectivity index (χ1n) is 12.5. The molecule has 1 aliphatic rings. The fourth-order valence-electron chi connectivity index (χ4n) is 5.57. The number of hydrogen-bond acceptors (Lipinski definition) is 0. The summed E-state index contributed by atoms with van der Waals surface area (Å²) in [5.41, 5.74) is 13.1. The smallest absolute Gasteiger partial charge is 0.0345 e. The molecule has 0 nitrogen and oxygen atoms in total. The van der Waals surface area contributed by atoms with Gasteiger partial charge in [0.15, 0.2) is 0 Å². The topological polar surface area (TPSA) is 0 Å². The third-order valence-electron chi connectivity index (χ3n) is 7.35. The molecule has 0 radical (unpaired) electrons. The molecule has 0 aliphatic heterocycles. The third-order valence-corrected chi connectivity index (χ3v) is 7.35. The molecule has 5 rings (SSSR count). The van der Waals surface area contributed by atoms with E-state index in [-0.39, 0.29) is 16.7 Å². The van der Waals surface area contributed by atoms with Crippen LogP contribution in [0.1, 0.15) is 86.4 Å². The van der Waals surface area contributed by atoms with Crippen molar-refractivity contribution >= 4 is 0 Å². The molecule has 0 heteroatoms. The average Bonchev–Trinajstić information content (AvgIpc) is 3.18. The summed E-state index contributed by atoms with van der Waals surface area (Å²) >= 11 is 0. The first-order valence-corrected chi connectivity index (χ1v) is 12.5. The van der Waals surface area contributed by atoms with Crippen LogP contribution < -0.4 is 0 Å². The van der Waals surface area contributed by atoms with Crippen molar-refractivity contribution in [1.29, 1.82) is 0 Å². The van der Waals surface area contributed by atoms with Crippen LogP contribution in [0.15, 0.2) is 91.0 Å². The molecule has 0 atom stereocenters. The first-order chi connectivity index (χ1) is 16.1. The van der Waals surface area contributed by atoms with E-state index in [0.29, 0.717) is 0 Å². The number of fused-ring (bicyclic) bond motifs is 3. The first kappa shape index (κ1) is 22.7. The number of rotatable bonds is 3. The van der Waals surface area contributed by atoms with Crippen LogP contribution in [-0.4, -0.2) is 0 Å². The molecular weight excluding hydrogens is 408 g/mol. The summed E-state index contributed by atoms with van der Waals surface area (Å²) in [6.07, 6.45) is 1.00. The molecule has 0 fully saturated rings. The van der Waals surface area contributed by atoms with E-state index in [9.17, 15) is 0 Å². The van der Waals surface area contributed by atoms with Crippen LogP contribution in [0, 0.1) is 0 Å². The molecule has 0 N–H and O–H groups in total. The molecule has 4 aromatic carbocycles. The number of hydrogen-bond donors (Lipinski definition) is 0. The van der Waals surface area contributed by atoms with Gasteiger partial charge in [0, 0.05) is 5.92 Å². The monoisotopic (exact) mass is 444 g/mol. The minimum atomic E-state index is 0.0531. The lowest BCUT2D eigenvalue weighted by Gasteiger charge is -2.31. The summed E-state index contributed by atoms with van der Waals surface area (Å²) in [5.74, 6) is 0.211. The maximum absolute atomic E-state index is 2.45. The predicted octanol–water partition coefficient (Wildman–Crippen LogP) is 9.03. The Bertz CT molecular complexity index is 1270. The van der Waals surface area contributed by atoms with Gasteiger partial charge in [-0.2, -0.15) is 0 Å². The van der Waals surface area contributed by atoms with Crippen LogP contribution in [0.5, 0.6) is 0 Å². The summed E-state index contributed by atoms with van der Waals surface area (Å²) in [5, 5.41) is 0. The zero-order chi connectivity index (χ0) is 24.1. The van der Waals surface area contributed by atoms with Crippen molar-refractivity contribution in [3.05, 3.63) is 130 Å². The van der Waals surface area contributed by atoms with Crippen LogP contribution in [-0.2, 0) is 17.3 Å². The summed E-state index contributed by atoms with van der Waals surface area (Å²) in [6.45, 7) is 14.0. The van der Waals surface area contributed by atoms with E-state index in [1.165, 1.54) is 50.1 Å². The van der Waals surface area contributed by atoms with Gasteiger partial charge in [0.1, 0.15) is 0 Å².